The largest absolute Gasteiger partial charge is 0.380 e. The Morgan fingerprint density at radius 3 is 2.84 bits per heavy atom. The molecular weight excluding hydrogens is 244 g/mol. The van der Waals surface area contributed by atoms with Crippen molar-refractivity contribution >= 4 is 5.91 Å². The van der Waals surface area contributed by atoms with Crippen molar-refractivity contribution in [3.63, 3.8) is 0 Å². The van der Waals surface area contributed by atoms with Gasteiger partial charge in [0.05, 0.1) is 25.0 Å². The zero-order chi connectivity index (χ0) is 13.5. The summed E-state index contributed by atoms with van der Waals surface area (Å²) in [4.78, 5) is 13.7. The van der Waals surface area contributed by atoms with Crippen LogP contribution in [0.3, 0.4) is 0 Å². The van der Waals surface area contributed by atoms with Crippen molar-refractivity contribution < 1.29 is 9.90 Å². The lowest BCUT2D eigenvalue weighted by atomic mass is 9.90. The Morgan fingerprint density at radius 1 is 1.53 bits per heavy atom. The molecule has 1 saturated carbocycles. The maximum Gasteiger partial charge on any atom is 0.222 e. The predicted molar refractivity (Wildman–Crippen MR) is 68.1 cm³/mol. The third-order valence-electron chi connectivity index (χ3n) is 4.15. The lowest BCUT2D eigenvalue weighted by Gasteiger charge is -2.46. The second kappa shape index (κ2) is 4.59. The van der Waals surface area contributed by atoms with E-state index in [4.69, 9.17) is 0 Å². The van der Waals surface area contributed by atoms with E-state index in [9.17, 15) is 9.90 Å². The second-order valence-electron chi connectivity index (χ2n) is 5.86. The molecule has 104 valence electrons. The highest BCUT2D eigenvalue weighted by molar-refractivity contribution is 5.77. The summed E-state index contributed by atoms with van der Waals surface area (Å²) in [6.45, 7) is 0.715. The Morgan fingerprint density at radius 2 is 2.26 bits per heavy atom. The number of aliphatic hydroxyl groups is 1. The standard InChI is InChI=1S/C13H20N4O2/c1-16-11(7-14-15-16)13(19)8-17(9-13)12(18)4-2-3-10-5-6-10/h7,10,19H,2-6,8-9H2,1H3. The average Bonchev–Trinajstić information content (AvgIpc) is 3.05. The quantitative estimate of drug-likeness (QED) is 0.837. The van der Waals surface area contributed by atoms with Crippen LogP contribution in [0.25, 0.3) is 0 Å². The van der Waals surface area contributed by atoms with Crippen LogP contribution in [0.5, 0.6) is 0 Å². The van der Waals surface area contributed by atoms with Gasteiger partial charge in [-0.15, -0.1) is 5.10 Å². The van der Waals surface area contributed by atoms with E-state index in [2.05, 4.69) is 10.3 Å². The minimum Gasteiger partial charge on any atom is -0.380 e. The maximum absolute atomic E-state index is 11.9. The molecule has 0 aromatic carbocycles. The summed E-state index contributed by atoms with van der Waals surface area (Å²) in [7, 11) is 1.75. The third-order valence-corrected chi connectivity index (χ3v) is 4.15. The van der Waals surface area contributed by atoms with Gasteiger partial charge in [0.15, 0.2) is 0 Å². The summed E-state index contributed by atoms with van der Waals surface area (Å²) in [6.07, 6.45) is 7.00. The van der Waals surface area contributed by atoms with E-state index in [1.165, 1.54) is 19.3 Å². The fraction of sp³-hybridized carbons (Fsp3) is 0.769. The average molecular weight is 264 g/mol. The number of nitrogens with zero attached hydrogens (tertiary/aromatic N) is 4. The minimum absolute atomic E-state index is 0.153. The van der Waals surface area contributed by atoms with Gasteiger partial charge in [0.25, 0.3) is 0 Å². The van der Waals surface area contributed by atoms with Crippen molar-refractivity contribution in [2.24, 2.45) is 13.0 Å². The molecule has 1 saturated heterocycles. The van der Waals surface area contributed by atoms with E-state index in [1.807, 2.05) is 0 Å². The highest BCUT2D eigenvalue weighted by atomic mass is 16.3. The molecule has 2 heterocycles. The summed E-state index contributed by atoms with van der Waals surface area (Å²) < 4.78 is 1.56. The van der Waals surface area contributed by atoms with E-state index in [1.54, 1.807) is 22.8 Å². The smallest absolute Gasteiger partial charge is 0.222 e. The number of carbonyl (C=O) groups excluding carboxylic acids is 1. The molecule has 0 atom stereocenters. The van der Waals surface area contributed by atoms with Crippen molar-refractivity contribution in [2.75, 3.05) is 13.1 Å². The molecule has 2 fully saturated rings. The van der Waals surface area contributed by atoms with Crippen LogP contribution in [0, 0.1) is 5.92 Å². The van der Waals surface area contributed by atoms with E-state index in [0.29, 0.717) is 25.2 Å². The van der Waals surface area contributed by atoms with Gasteiger partial charge < -0.3 is 10.0 Å². The summed E-state index contributed by atoms with van der Waals surface area (Å²) in [5, 5.41) is 18.0. The summed E-state index contributed by atoms with van der Waals surface area (Å²) in [6, 6.07) is 0. The molecule has 0 radical (unpaired) electrons. The van der Waals surface area contributed by atoms with E-state index >= 15 is 0 Å². The summed E-state index contributed by atoms with van der Waals surface area (Å²) in [5.41, 5.74) is -0.292. The number of rotatable bonds is 5. The van der Waals surface area contributed by atoms with Gasteiger partial charge in [-0.3, -0.25) is 4.79 Å². The van der Waals surface area contributed by atoms with Crippen molar-refractivity contribution in [3.05, 3.63) is 11.9 Å². The number of hydrogen-bond donors (Lipinski definition) is 1. The monoisotopic (exact) mass is 264 g/mol. The van der Waals surface area contributed by atoms with Gasteiger partial charge in [-0.25, -0.2) is 4.68 Å². The van der Waals surface area contributed by atoms with Crippen molar-refractivity contribution in [3.8, 4) is 0 Å². The summed E-state index contributed by atoms with van der Waals surface area (Å²) in [5.74, 6) is 1.03. The van der Waals surface area contributed by atoms with E-state index < -0.39 is 5.60 Å². The number of likely N-dealkylation sites (tertiary alicyclic amines) is 1. The SMILES string of the molecule is Cn1nncc1C1(O)CN(C(=O)CCCC2CC2)C1. The number of β-amino-alcohol motifs (C(OH)–C–C–N with tert-alkyl or cyclic N) is 1. The zero-order valence-electron chi connectivity index (χ0n) is 11.2. The van der Waals surface area contributed by atoms with Crippen LogP contribution >= 0.6 is 0 Å². The highest BCUT2D eigenvalue weighted by Gasteiger charge is 2.46. The Hall–Kier alpha value is -1.43. The number of aryl methyl sites for hydroxylation is 1. The molecular formula is C13H20N4O2. The number of hydrogen-bond acceptors (Lipinski definition) is 4. The molecule has 6 heteroatoms. The molecule has 0 spiro atoms. The molecule has 1 amide bonds. The molecule has 6 nitrogen and oxygen atoms in total. The van der Waals surface area contributed by atoms with Gasteiger partial charge >= 0.3 is 0 Å². The first-order chi connectivity index (χ1) is 9.08. The van der Waals surface area contributed by atoms with Gasteiger partial charge in [0.2, 0.25) is 5.91 Å². The Bertz CT molecular complexity index is 475. The van der Waals surface area contributed by atoms with Crippen LogP contribution in [0.15, 0.2) is 6.20 Å². The molecule has 19 heavy (non-hydrogen) atoms. The van der Waals surface area contributed by atoms with Crippen LogP contribution in [0.4, 0.5) is 0 Å². The molecule has 1 N–H and O–H groups in total. The van der Waals surface area contributed by atoms with E-state index in [0.717, 1.165) is 12.3 Å². The van der Waals surface area contributed by atoms with Gasteiger partial charge in [-0.1, -0.05) is 18.1 Å². The third kappa shape index (κ3) is 2.49. The first-order valence-electron chi connectivity index (χ1n) is 6.94. The molecule has 0 bridgehead atoms. The van der Waals surface area contributed by atoms with Crippen molar-refractivity contribution in [2.45, 2.75) is 37.7 Å². The topological polar surface area (TPSA) is 71.2 Å². The second-order valence-corrected chi connectivity index (χ2v) is 5.86. The zero-order valence-corrected chi connectivity index (χ0v) is 11.2. The van der Waals surface area contributed by atoms with E-state index in [-0.39, 0.29) is 5.91 Å². The fourth-order valence-electron chi connectivity index (χ4n) is 2.74. The Balaban J connectivity index is 1.48. The van der Waals surface area contributed by atoms with Crippen LogP contribution < -0.4 is 0 Å². The Kier molecular flexibility index (Phi) is 3.05. The van der Waals surface area contributed by atoms with Crippen LogP contribution in [0.2, 0.25) is 0 Å². The highest BCUT2D eigenvalue weighted by Crippen LogP contribution is 2.35. The normalized spacial score (nSPS) is 21.3. The maximum atomic E-state index is 11.9. The minimum atomic E-state index is -0.968. The lowest BCUT2D eigenvalue weighted by Crippen LogP contribution is -2.61. The van der Waals surface area contributed by atoms with Gasteiger partial charge in [0, 0.05) is 13.5 Å². The van der Waals surface area contributed by atoms with Crippen LogP contribution in [-0.4, -0.2) is 44.0 Å². The molecule has 1 aliphatic carbocycles. The van der Waals surface area contributed by atoms with Gasteiger partial charge in [-0.2, -0.15) is 0 Å². The molecule has 3 rings (SSSR count). The summed E-state index contributed by atoms with van der Waals surface area (Å²) >= 11 is 0. The number of carbonyl (C=O) groups is 1. The molecule has 0 unspecified atom stereocenters. The number of amides is 1. The van der Waals surface area contributed by atoms with Gasteiger partial charge in [-0.05, 0) is 18.8 Å². The Labute approximate surface area is 112 Å². The molecule has 1 aromatic rings. The van der Waals surface area contributed by atoms with Gasteiger partial charge in [0.1, 0.15) is 5.60 Å². The predicted octanol–water partition coefficient (Wildman–Crippen LogP) is 0.425. The lowest BCUT2D eigenvalue weighted by molar-refractivity contribution is -0.158. The van der Waals surface area contributed by atoms with Crippen LogP contribution in [0.1, 0.15) is 37.8 Å². The van der Waals surface area contributed by atoms with Crippen molar-refractivity contribution in [1.29, 1.82) is 0 Å². The fourth-order valence-corrected chi connectivity index (χ4v) is 2.74. The van der Waals surface area contributed by atoms with Crippen molar-refractivity contribution in [1.82, 2.24) is 19.9 Å². The first kappa shape index (κ1) is 12.6. The number of aromatic nitrogens is 3. The molecule has 2 aliphatic rings. The van der Waals surface area contributed by atoms with Crippen LogP contribution in [-0.2, 0) is 17.4 Å². The molecule has 1 aromatic heterocycles. The molecule has 1 aliphatic heterocycles. The first-order valence-corrected chi connectivity index (χ1v) is 6.94.